The quantitative estimate of drug-likeness (QED) is 0.272. The SMILES string of the molecule is CCC(C(=O)NCC(C)C)N(Cc1ccccc1)C(=O)CN(c1cccc(Cl)c1Cl)S(=O)(=O)c1ccc(C)cc1. The van der Waals surface area contributed by atoms with Gasteiger partial charge in [0.15, 0.2) is 0 Å². The van der Waals surface area contributed by atoms with Gasteiger partial charge in [0, 0.05) is 13.1 Å². The molecule has 0 heterocycles. The molecular weight excluding hydrogens is 569 g/mol. The van der Waals surface area contributed by atoms with Crippen LogP contribution in [0.1, 0.15) is 38.3 Å². The van der Waals surface area contributed by atoms with Gasteiger partial charge in [0.2, 0.25) is 11.8 Å². The first-order chi connectivity index (χ1) is 18.9. The van der Waals surface area contributed by atoms with Gasteiger partial charge in [0.05, 0.1) is 20.6 Å². The van der Waals surface area contributed by atoms with E-state index in [2.05, 4.69) is 5.32 Å². The Balaban J connectivity index is 2.07. The molecule has 0 spiro atoms. The van der Waals surface area contributed by atoms with Crippen molar-refractivity contribution < 1.29 is 18.0 Å². The van der Waals surface area contributed by atoms with Crippen LogP contribution in [0.25, 0.3) is 0 Å². The molecule has 0 saturated heterocycles. The Bertz CT molecular complexity index is 1410. The first-order valence-electron chi connectivity index (χ1n) is 13.1. The van der Waals surface area contributed by atoms with Crippen LogP contribution in [0.4, 0.5) is 5.69 Å². The Labute approximate surface area is 247 Å². The van der Waals surface area contributed by atoms with Gasteiger partial charge in [-0.1, -0.05) is 98.1 Å². The van der Waals surface area contributed by atoms with Gasteiger partial charge in [-0.05, 0) is 49.1 Å². The van der Waals surface area contributed by atoms with Gasteiger partial charge in [-0.25, -0.2) is 8.42 Å². The highest BCUT2D eigenvalue weighted by Gasteiger charge is 2.34. The van der Waals surface area contributed by atoms with Crippen molar-refractivity contribution in [2.45, 2.75) is 51.6 Å². The summed E-state index contributed by atoms with van der Waals surface area (Å²) in [7, 11) is -4.24. The fourth-order valence-corrected chi connectivity index (χ4v) is 6.03. The van der Waals surface area contributed by atoms with E-state index < -0.39 is 28.5 Å². The molecule has 3 rings (SSSR count). The highest BCUT2D eigenvalue weighted by molar-refractivity contribution is 7.92. The molecule has 0 aromatic heterocycles. The zero-order chi connectivity index (χ0) is 29.4. The summed E-state index contributed by atoms with van der Waals surface area (Å²) in [5.74, 6) is -0.629. The van der Waals surface area contributed by atoms with E-state index in [1.54, 1.807) is 24.3 Å². The van der Waals surface area contributed by atoms with E-state index >= 15 is 0 Å². The van der Waals surface area contributed by atoms with E-state index in [0.717, 1.165) is 15.4 Å². The lowest BCUT2D eigenvalue weighted by Gasteiger charge is -2.33. The third-order valence-electron chi connectivity index (χ3n) is 6.35. The molecule has 3 aromatic rings. The van der Waals surface area contributed by atoms with Crippen LogP contribution in [0.3, 0.4) is 0 Å². The van der Waals surface area contributed by atoms with Crippen LogP contribution in [0.2, 0.25) is 10.0 Å². The third kappa shape index (κ3) is 7.77. The lowest BCUT2D eigenvalue weighted by Crippen LogP contribution is -2.52. The Morgan fingerprint density at radius 3 is 2.17 bits per heavy atom. The Morgan fingerprint density at radius 2 is 1.57 bits per heavy atom. The average Bonchev–Trinajstić information content (AvgIpc) is 2.92. The standard InChI is InChI=1S/C30H35Cl2N3O4S/c1-5-26(30(37)33-18-21(2)3)34(19-23-10-7-6-8-11-23)28(36)20-35(27-13-9-12-25(31)29(27)32)40(38,39)24-16-14-22(4)15-17-24/h6-17,21,26H,5,18-20H2,1-4H3,(H,33,37). The molecule has 1 unspecified atom stereocenters. The minimum Gasteiger partial charge on any atom is -0.354 e. The highest BCUT2D eigenvalue weighted by Crippen LogP contribution is 2.35. The van der Waals surface area contributed by atoms with Crippen LogP contribution in [0.5, 0.6) is 0 Å². The predicted molar refractivity (Wildman–Crippen MR) is 161 cm³/mol. The van der Waals surface area contributed by atoms with E-state index in [-0.39, 0.29) is 39.0 Å². The first-order valence-corrected chi connectivity index (χ1v) is 15.3. The molecule has 1 N–H and O–H groups in total. The average molecular weight is 605 g/mol. The van der Waals surface area contributed by atoms with Gasteiger partial charge >= 0.3 is 0 Å². The lowest BCUT2D eigenvalue weighted by molar-refractivity contribution is -0.140. The maximum atomic E-state index is 14.1. The number of sulfonamides is 1. The second-order valence-corrected chi connectivity index (χ2v) is 12.6. The van der Waals surface area contributed by atoms with Crippen molar-refractivity contribution in [2.75, 3.05) is 17.4 Å². The van der Waals surface area contributed by atoms with Gasteiger partial charge in [-0.2, -0.15) is 0 Å². The minimum atomic E-state index is -4.24. The summed E-state index contributed by atoms with van der Waals surface area (Å²) in [4.78, 5) is 28.7. The van der Waals surface area contributed by atoms with Crippen molar-refractivity contribution in [3.63, 3.8) is 0 Å². The molecule has 0 fully saturated rings. The smallest absolute Gasteiger partial charge is 0.264 e. The van der Waals surface area contributed by atoms with Crippen LogP contribution >= 0.6 is 23.2 Å². The zero-order valence-corrected chi connectivity index (χ0v) is 25.4. The summed E-state index contributed by atoms with van der Waals surface area (Å²) in [5, 5.41) is 3.07. The largest absolute Gasteiger partial charge is 0.354 e. The van der Waals surface area contributed by atoms with Crippen LogP contribution in [-0.4, -0.2) is 44.3 Å². The molecule has 214 valence electrons. The van der Waals surface area contributed by atoms with E-state index in [1.807, 2.05) is 58.0 Å². The number of hydrogen-bond acceptors (Lipinski definition) is 4. The second-order valence-electron chi connectivity index (χ2n) is 9.97. The maximum Gasteiger partial charge on any atom is 0.264 e. The molecule has 40 heavy (non-hydrogen) atoms. The first kappa shape index (κ1) is 31.5. The topological polar surface area (TPSA) is 86.8 Å². The molecule has 3 aromatic carbocycles. The number of carbonyl (C=O) groups is 2. The van der Waals surface area contributed by atoms with Crippen molar-refractivity contribution in [3.05, 3.63) is 94.0 Å². The molecule has 0 aliphatic heterocycles. The van der Waals surface area contributed by atoms with Gasteiger partial charge < -0.3 is 10.2 Å². The van der Waals surface area contributed by atoms with Crippen LogP contribution in [0.15, 0.2) is 77.7 Å². The third-order valence-corrected chi connectivity index (χ3v) is 8.94. The maximum absolute atomic E-state index is 14.1. The van der Waals surface area contributed by atoms with E-state index in [1.165, 1.54) is 23.1 Å². The molecule has 0 aliphatic rings. The minimum absolute atomic E-state index is 0.00160. The fraction of sp³-hybridized carbons (Fsp3) is 0.333. The Hall–Kier alpha value is -3.07. The van der Waals surface area contributed by atoms with Crippen molar-refractivity contribution in [2.24, 2.45) is 5.92 Å². The number of rotatable bonds is 12. The molecule has 0 radical (unpaired) electrons. The predicted octanol–water partition coefficient (Wildman–Crippen LogP) is 6.08. The Kier molecular flexibility index (Phi) is 11.0. The van der Waals surface area contributed by atoms with Crippen molar-refractivity contribution >= 4 is 50.7 Å². The van der Waals surface area contributed by atoms with Crippen molar-refractivity contribution in [1.29, 1.82) is 0 Å². The number of carbonyl (C=O) groups excluding carboxylic acids is 2. The summed E-state index contributed by atoms with van der Waals surface area (Å²) in [5.41, 5.74) is 1.76. The Morgan fingerprint density at radius 1 is 0.925 bits per heavy atom. The molecule has 2 amide bonds. The lowest BCUT2D eigenvalue weighted by atomic mass is 10.1. The number of aryl methyl sites for hydroxylation is 1. The van der Waals surface area contributed by atoms with Crippen molar-refractivity contribution in [3.8, 4) is 0 Å². The number of halogens is 2. The van der Waals surface area contributed by atoms with E-state index in [0.29, 0.717) is 13.0 Å². The number of amides is 2. The van der Waals surface area contributed by atoms with Crippen LogP contribution in [0, 0.1) is 12.8 Å². The number of nitrogens with one attached hydrogen (secondary N) is 1. The second kappa shape index (κ2) is 14.0. The molecule has 0 aliphatic carbocycles. The summed E-state index contributed by atoms with van der Waals surface area (Å²) in [6, 6.07) is 19.4. The molecule has 0 bridgehead atoms. The number of hydrogen-bond donors (Lipinski definition) is 1. The molecule has 10 heteroatoms. The van der Waals surface area contributed by atoms with Crippen LogP contribution < -0.4 is 9.62 Å². The molecule has 0 saturated carbocycles. The fourth-order valence-electron chi connectivity index (χ4n) is 4.16. The summed E-state index contributed by atoms with van der Waals surface area (Å²) < 4.78 is 28.9. The highest BCUT2D eigenvalue weighted by atomic mass is 35.5. The normalized spacial score (nSPS) is 12.2. The van der Waals surface area contributed by atoms with Crippen LogP contribution in [-0.2, 0) is 26.2 Å². The zero-order valence-electron chi connectivity index (χ0n) is 23.1. The molecular formula is C30H35Cl2N3O4S. The van der Waals surface area contributed by atoms with Gasteiger partial charge in [-0.15, -0.1) is 0 Å². The van der Waals surface area contributed by atoms with Crippen molar-refractivity contribution in [1.82, 2.24) is 10.2 Å². The van der Waals surface area contributed by atoms with E-state index in [9.17, 15) is 18.0 Å². The summed E-state index contributed by atoms with van der Waals surface area (Å²) in [6.07, 6.45) is 0.338. The summed E-state index contributed by atoms with van der Waals surface area (Å²) in [6.45, 7) is 7.62. The summed E-state index contributed by atoms with van der Waals surface area (Å²) >= 11 is 12.7. The molecule has 1 atom stereocenters. The monoisotopic (exact) mass is 603 g/mol. The number of benzene rings is 3. The number of nitrogens with zero attached hydrogens (tertiary/aromatic N) is 2. The number of anilines is 1. The molecule has 7 nitrogen and oxygen atoms in total. The van der Waals surface area contributed by atoms with Gasteiger partial charge in [-0.3, -0.25) is 13.9 Å². The van der Waals surface area contributed by atoms with Gasteiger partial charge in [0.25, 0.3) is 10.0 Å². The van der Waals surface area contributed by atoms with Gasteiger partial charge in [0.1, 0.15) is 12.6 Å². The van der Waals surface area contributed by atoms with E-state index in [4.69, 9.17) is 23.2 Å².